The Morgan fingerprint density at radius 3 is 2.67 bits per heavy atom. The number of hydrogen-bond acceptors (Lipinski definition) is 3. The zero-order chi connectivity index (χ0) is 14.7. The van der Waals surface area contributed by atoms with Crippen molar-refractivity contribution in [2.75, 3.05) is 0 Å². The molecule has 1 N–H and O–H groups in total. The number of aromatic nitrogens is 2. The predicted molar refractivity (Wildman–Crippen MR) is 86.7 cm³/mol. The molecule has 0 saturated heterocycles. The molecule has 21 heavy (non-hydrogen) atoms. The molecule has 0 saturated carbocycles. The summed E-state index contributed by atoms with van der Waals surface area (Å²) in [6.07, 6.45) is 1.87. The number of nitrogens with one attached hydrogen (secondary N) is 1. The second-order valence-electron chi connectivity index (χ2n) is 4.69. The van der Waals surface area contributed by atoms with Crippen LogP contribution < -0.4 is 0 Å². The van der Waals surface area contributed by atoms with Gasteiger partial charge in [0, 0.05) is 0 Å². The van der Waals surface area contributed by atoms with Gasteiger partial charge in [0.2, 0.25) is 0 Å². The second-order valence-corrected chi connectivity index (χ2v) is 5.72. The highest BCUT2D eigenvalue weighted by Gasteiger charge is 2.06. The van der Waals surface area contributed by atoms with E-state index in [1.807, 2.05) is 61.5 Å². The molecule has 3 aromatic rings. The molecule has 0 spiro atoms. The first-order valence-electron chi connectivity index (χ1n) is 6.56. The number of nitriles is 1. The van der Waals surface area contributed by atoms with Crippen molar-refractivity contribution in [2.45, 2.75) is 12.1 Å². The largest absolute Gasteiger partial charge is 0.333 e. The van der Waals surface area contributed by atoms with Crippen LogP contribution in [0.5, 0.6) is 0 Å². The van der Waals surface area contributed by atoms with Crippen LogP contribution in [0.15, 0.2) is 58.6 Å². The lowest BCUT2D eigenvalue weighted by Gasteiger charge is -1.97. The Kier molecular flexibility index (Phi) is 3.76. The number of H-pyrrole nitrogens is 1. The molecule has 1 heterocycles. The fourth-order valence-corrected chi connectivity index (χ4v) is 2.73. The topological polar surface area (TPSA) is 52.5 Å². The van der Waals surface area contributed by atoms with Gasteiger partial charge in [0.15, 0.2) is 5.16 Å². The normalized spacial score (nSPS) is 11.5. The first-order valence-corrected chi connectivity index (χ1v) is 7.37. The molecule has 4 heteroatoms. The molecule has 3 nitrogen and oxygen atoms in total. The summed E-state index contributed by atoms with van der Waals surface area (Å²) in [5.74, 6) is 0. The van der Waals surface area contributed by atoms with Crippen LogP contribution in [0.25, 0.3) is 17.1 Å². The molecule has 0 aliphatic heterocycles. The first kappa shape index (κ1) is 13.5. The smallest absolute Gasteiger partial charge is 0.171 e. The van der Waals surface area contributed by atoms with Crippen LogP contribution in [0.3, 0.4) is 0 Å². The fraction of sp³-hybridized carbons (Fsp3) is 0.0588. The van der Waals surface area contributed by atoms with E-state index in [2.05, 4.69) is 16.0 Å². The summed E-state index contributed by atoms with van der Waals surface area (Å²) in [5.41, 5.74) is 4.11. The van der Waals surface area contributed by atoms with Gasteiger partial charge in [0.05, 0.1) is 15.9 Å². The highest BCUT2D eigenvalue weighted by molar-refractivity contribution is 8.03. The van der Waals surface area contributed by atoms with E-state index in [0.717, 1.165) is 21.8 Å². The Bertz CT molecular complexity index is 805. The number of nitrogens with zero attached hydrogens (tertiary/aromatic N) is 2. The van der Waals surface area contributed by atoms with E-state index < -0.39 is 0 Å². The molecule has 0 aliphatic rings. The highest BCUT2D eigenvalue weighted by atomic mass is 32.2. The van der Waals surface area contributed by atoms with Gasteiger partial charge in [-0.15, -0.1) is 0 Å². The lowest BCUT2D eigenvalue weighted by molar-refractivity contribution is 1.09. The number of hydrogen-bond donors (Lipinski definition) is 1. The molecule has 0 bridgehead atoms. The van der Waals surface area contributed by atoms with E-state index in [0.29, 0.717) is 4.91 Å². The maximum absolute atomic E-state index is 9.30. The molecule has 0 atom stereocenters. The summed E-state index contributed by atoms with van der Waals surface area (Å²) in [6, 6.07) is 18.1. The highest BCUT2D eigenvalue weighted by Crippen LogP contribution is 2.27. The van der Waals surface area contributed by atoms with E-state index in [-0.39, 0.29) is 0 Å². The Hall–Kier alpha value is -2.51. The quantitative estimate of drug-likeness (QED) is 0.570. The molecule has 102 valence electrons. The molecule has 2 aromatic carbocycles. The van der Waals surface area contributed by atoms with Crippen molar-refractivity contribution in [3.8, 4) is 6.07 Å². The van der Waals surface area contributed by atoms with Crippen LogP contribution in [0.1, 0.15) is 11.1 Å². The molecule has 0 aliphatic carbocycles. The number of fused-ring (bicyclic) bond motifs is 1. The van der Waals surface area contributed by atoms with Gasteiger partial charge in [-0.25, -0.2) is 4.98 Å². The van der Waals surface area contributed by atoms with Crippen molar-refractivity contribution in [1.82, 2.24) is 9.97 Å². The van der Waals surface area contributed by atoms with Gasteiger partial charge in [-0.1, -0.05) is 42.0 Å². The van der Waals surface area contributed by atoms with Gasteiger partial charge in [-0.2, -0.15) is 5.26 Å². The van der Waals surface area contributed by atoms with E-state index >= 15 is 0 Å². The van der Waals surface area contributed by atoms with Gasteiger partial charge < -0.3 is 4.98 Å². The third-order valence-electron chi connectivity index (χ3n) is 3.06. The number of aryl methyl sites for hydroxylation is 1. The zero-order valence-electron chi connectivity index (χ0n) is 11.5. The average Bonchev–Trinajstić information content (AvgIpc) is 2.91. The number of imidazole rings is 1. The van der Waals surface area contributed by atoms with Crippen LogP contribution in [0, 0.1) is 18.3 Å². The van der Waals surface area contributed by atoms with Crippen LogP contribution in [-0.2, 0) is 0 Å². The van der Waals surface area contributed by atoms with Crippen molar-refractivity contribution in [3.63, 3.8) is 0 Å². The fourth-order valence-electron chi connectivity index (χ4n) is 1.98. The Labute approximate surface area is 127 Å². The maximum atomic E-state index is 9.30. The Morgan fingerprint density at radius 2 is 1.95 bits per heavy atom. The van der Waals surface area contributed by atoms with Crippen LogP contribution in [-0.4, -0.2) is 9.97 Å². The first-order chi connectivity index (χ1) is 10.2. The lowest BCUT2D eigenvalue weighted by atomic mass is 10.1. The van der Waals surface area contributed by atoms with E-state index in [1.54, 1.807) is 0 Å². The Morgan fingerprint density at radius 1 is 1.19 bits per heavy atom. The van der Waals surface area contributed by atoms with Crippen LogP contribution >= 0.6 is 11.8 Å². The van der Waals surface area contributed by atoms with Gasteiger partial charge >= 0.3 is 0 Å². The number of para-hydroxylation sites is 2. The zero-order valence-corrected chi connectivity index (χ0v) is 12.3. The third-order valence-corrected chi connectivity index (χ3v) is 3.88. The van der Waals surface area contributed by atoms with Gasteiger partial charge in [0.25, 0.3) is 0 Å². The summed E-state index contributed by atoms with van der Waals surface area (Å²) >= 11 is 1.35. The van der Waals surface area contributed by atoms with Crippen molar-refractivity contribution in [3.05, 3.63) is 64.6 Å². The summed E-state index contributed by atoms with van der Waals surface area (Å²) in [5, 5.41) is 10.0. The van der Waals surface area contributed by atoms with Crippen LogP contribution in [0.4, 0.5) is 0 Å². The van der Waals surface area contributed by atoms with E-state index in [1.165, 1.54) is 17.3 Å². The molecular weight excluding hydrogens is 278 g/mol. The number of benzene rings is 2. The summed E-state index contributed by atoms with van der Waals surface area (Å²) in [4.78, 5) is 8.30. The minimum atomic E-state index is 0.609. The van der Waals surface area contributed by atoms with E-state index in [4.69, 9.17) is 0 Å². The molecule has 0 unspecified atom stereocenters. The molecule has 3 rings (SSSR count). The van der Waals surface area contributed by atoms with Crippen molar-refractivity contribution in [1.29, 1.82) is 5.26 Å². The standard InChI is InChI=1S/C17H13N3S/c1-12-6-8-13(9-7-12)10-14(11-18)21-17-19-15-4-2-3-5-16(15)20-17/h2-10H,1H3,(H,19,20)/b14-10+. The molecule has 0 amide bonds. The van der Waals surface area contributed by atoms with Gasteiger partial charge in [-0.3, -0.25) is 0 Å². The predicted octanol–water partition coefficient (Wildman–Crippen LogP) is 4.53. The molecule has 1 aromatic heterocycles. The summed E-state index contributed by atoms with van der Waals surface area (Å²) < 4.78 is 0. The minimum Gasteiger partial charge on any atom is -0.333 e. The molecule has 0 fully saturated rings. The number of thioether (sulfide) groups is 1. The summed E-state index contributed by atoms with van der Waals surface area (Å²) in [7, 11) is 0. The lowest BCUT2D eigenvalue weighted by Crippen LogP contribution is -1.79. The van der Waals surface area contributed by atoms with Gasteiger partial charge in [0.1, 0.15) is 6.07 Å². The van der Waals surface area contributed by atoms with E-state index in [9.17, 15) is 5.26 Å². The number of rotatable bonds is 3. The molecular formula is C17H13N3S. The number of aromatic amines is 1. The maximum Gasteiger partial charge on any atom is 0.171 e. The molecule has 0 radical (unpaired) electrons. The second kappa shape index (κ2) is 5.86. The Balaban J connectivity index is 1.87. The van der Waals surface area contributed by atoms with Crippen molar-refractivity contribution >= 4 is 28.9 Å². The SMILES string of the molecule is Cc1ccc(/C=C(\C#N)Sc2nc3ccccc3[nH]2)cc1. The van der Waals surface area contributed by atoms with Crippen molar-refractivity contribution < 1.29 is 0 Å². The van der Waals surface area contributed by atoms with Crippen LogP contribution in [0.2, 0.25) is 0 Å². The minimum absolute atomic E-state index is 0.609. The number of allylic oxidation sites excluding steroid dienone is 1. The third kappa shape index (κ3) is 3.15. The summed E-state index contributed by atoms with van der Waals surface area (Å²) in [6.45, 7) is 2.04. The van der Waals surface area contributed by atoms with Gasteiger partial charge in [-0.05, 0) is 42.5 Å². The van der Waals surface area contributed by atoms with Crippen molar-refractivity contribution in [2.24, 2.45) is 0 Å². The monoisotopic (exact) mass is 291 g/mol. The average molecular weight is 291 g/mol.